The quantitative estimate of drug-likeness (QED) is 0.875. The van der Waals surface area contributed by atoms with Crippen LogP contribution in [0.25, 0.3) is 0 Å². The molecule has 0 bridgehead atoms. The van der Waals surface area contributed by atoms with E-state index < -0.39 is 0 Å². The summed E-state index contributed by atoms with van der Waals surface area (Å²) in [5.41, 5.74) is 7.79. The number of nitrogens with two attached hydrogens (primary N) is 1. The van der Waals surface area contributed by atoms with Gasteiger partial charge in [-0.1, -0.05) is 31.5 Å². The van der Waals surface area contributed by atoms with Crippen molar-refractivity contribution < 1.29 is 4.74 Å². The van der Waals surface area contributed by atoms with Crippen molar-refractivity contribution in [2.45, 2.75) is 26.4 Å². The van der Waals surface area contributed by atoms with Gasteiger partial charge in [-0.15, -0.1) is 0 Å². The lowest BCUT2D eigenvalue weighted by Crippen LogP contribution is -2.00. The fraction of sp³-hybridized carbons (Fsp3) is 0.267. The van der Waals surface area contributed by atoms with Gasteiger partial charge in [0.25, 0.3) is 0 Å². The normalized spacial score (nSPS) is 10.3. The Bertz CT molecular complexity index is 494. The fourth-order valence-electron chi connectivity index (χ4n) is 1.78. The Labute approximate surface area is 108 Å². The van der Waals surface area contributed by atoms with Gasteiger partial charge in [0.1, 0.15) is 18.2 Å². The van der Waals surface area contributed by atoms with Gasteiger partial charge in [0, 0.05) is 0 Å². The van der Waals surface area contributed by atoms with E-state index in [1.807, 2.05) is 24.3 Å². The summed E-state index contributed by atoms with van der Waals surface area (Å²) >= 11 is 0. The molecule has 18 heavy (non-hydrogen) atoms. The molecule has 0 radical (unpaired) electrons. The standard InChI is InChI=1S/C15H18N2O/c1-2-4-12-7-9-14(10-8-12)18-11-13-5-3-6-15(16)17-13/h3,5-10H,2,4,11H2,1H3,(H2,16,17). The fourth-order valence-corrected chi connectivity index (χ4v) is 1.78. The van der Waals surface area contributed by atoms with Crippen LogP contribution in [0.1, 0.15) is 24.6 Å². The number of aryl methyl sites for hydroxylation is 1. The molecule has 94 valence electrons. The van der Waals surface area contributed by atoms with Gasteiger partial charge in [0.05, 0.1) is 5.69 Å². The minimum absolute atomic E-state index is 0.443. The van der Waals surface area contributed by atoms with Crippen LogP contribution in [0.15, 0.2) is 42.5 Å². The van der Waals surface area contributed by atoms with Gasteiger partial charge in [-0.25, -0.2) is 4.98 Å². The molecule has 1 heterocycles. The summed E-state index contributed by atoms with van der Waals surface area (Å²) in [7, 11) is 0. The summed E-state index contributed by atoms with van der Waals surface area (Å²) < 4.78 is 5.66. The predicted molar refractivity (Wildman–Crippen MR) is 73.4 cm³/mol. The molecular formula is C15H18N2O. The summed E-state index contributed by atoms with van der Waals surface area (Å²) in [6, 6.07) is 13.8. The smallest absolute Gasteiger partial charge is 0.130 e. The predicted octanol–water partition coefficient (Wildman–Crippen LogP) is 3.20. The lowest BCUT2D eigenvalue weighted by molar-refractivity contribution is 0.301. The molecule has 2 aromatic rings. The second kappa shape index (κ2) is 6.05. The summed E-state index contributed by atoms with van der Waals surface area (Å²) in [6.45, 7) is 2.62. The van der Waals surface area contributed by atoms with Crippen molar-refractivity contribution >= 4 is 5.82 Å². The Morgan fingerprint density at radius 2 is 1.89 bits per heavy atom. The first kappa shape index (κ1) is 12.4. The highest BCUT2D eigenvalue weighted by Crippen LogP contribution is 2.15. The molecule has 2 rings (SSSR count). The van der Waals surface area contributed by atoms with Crippen LogP contribution in [0.2, 0.25) is 0 Å². The zero-order valence-corrected chi connectivity index (χ0v) is 10.6. The van der Waals surface area contributed by atoms with E-state index in [0.29, 0.717) is 12.4 Å². The molecule has 0 amide bonds. The number of hydrogen-bond acceptors (Lipinski definition) is 3. The maximum atomic E-state index is 5.66. The molecule has 0 saturated heterocycles. The number of nitrogen functional groups attached to an aromatic ring is 1. The van der Waals surface area contributed by atoms with E-state index in [1.165, 1.54) is 5.56 Å². The van der Waals surface area contributed by atoms with Crippen molar-refractivity contribution in [1.29, 1.82) is 0 Å². The van der Waals surface area contributed by atoms with E-state index in [-0.39, 0.29) is 0 Å². The molecule has 3 heteroatoms. The van der Waals surface area contributed by atoms with E-state index in [0.717, 1.165) is 24.3 Å². The number of nitrogens with zero attached hydrogens (tertiary/aromatic N) is 1. The Hall–Kier alpha value is -2.03. The second-order valence-electron chi connectivity index (χ2n) is 4.24. The van der Waals surface area contributed by atoms with Crippen molar-refractivity contribution in [3.8, 4) is 5.75 Å². The van der Waals surface area contributed by atoms with Gasteiger partial charge in [-0.05, 0) is 36.2 Å². The zero-order valence-electron chi connectivity index (χ0n) is 10.6. The molecular weight excluding hydrogens is 224 g/mol. The van der Waals surface area contributed by atoms with Crippen molar-refractivity contribution in [2.24, 2.45) is 0 Å². The monoisotopic (exact) mass is 242 g/mol. The van der Waals surface area contributed by atoms with E-state index in [1.54, 1.807) is 6.07 Å². The SMILES string of the molecule is CCCc1ccc(OCc2cccc(N)n2)cc1. The number of ether oxygens (including phenoxy) is 1. The van der Waals surface area contributed by atoms with E-state index in [4.69, 9.17) is 10.5 Å². The average molecular weight is 242 g/mol. The van der Waals surface area contributed by atoms with Crippen molar-refractivity contribution in [2.75, 3.05) is 5.73 Å². The minimum Gasteiger partial charge on any atom is -0.487 e. The van der Waals surface area contributed by atoms with E-state index in [9.17, 15) is 0 Å². The third-order valence-electron chi connectivity index (χ3n) is 2.68. The van der Waals surface area contributed by atoms with Crippen molar-refractivity contribution in [1.82, 2.24) is 4.98 Å². The molecule has 2 N–H and O–H groups in total. The molecule has 1 aromatic carbocycles. The Morgan fingerprint density at radius 3 is 2.56 bits per heavy atom. The van der Waals surface area contributed by atoms with Crippen molar-refractivity contribution in [3.63, 3.8) is 0 Å². The largest absolute Gasteiger partial charge is 0.487 e. The first-order chi connectivity index (χ1) is 8.78. The molecule has 0 saturated carbocycles. The van der Waals surface area contributed by atoms with Crippen LogP contribution in [0, 0.1) is 0 Å². The number of anilines is 1. The molecule has 0 aliphatic heterocycles. The number of aromatic nitrogens is 1. The topological polar surface area (TPSA) is 48.1 Å². The first-order valence-electron chi connectivity index (χ1n) is 6.21. The third-order valence-corrected chi connectivity index (χ3v) is 2.68. The third kappa shape index (κ3) is 3.48. The lowest BCUT2D eigenvalue weighted by Gasteiger charge is -2.07. The van der Waals surface area contributed by atoms with Crippen LogP contribution in [0.4, 0.5) is 5.82 Å². The second-order valence-corrected chi connectivity index (χ2v) is 4.24. The van der Waals surface area contributed by atoms with Crippen LogP contribution in [0.3, 0.4) is 0 Å². The van der Waals surface area contributed by atoms with Gasteiger partial charge in [-0.3, -0.25) is 0 Å². The summed E-state index contributed by atoms with van der Waals surface area (Å²) in [5.74, 6) is 1.38. The van der Waals surface area contributed by atoms with Crippen LogP contribution in [-0.4, -0.2) is 4.98 Å². The van der Waals surface area contributed by atoms with Gasteiger partial charge in [0.15, 0.2) is 0 Å². The molecule has 0 spiro atoms. The number of rotatable bonds is 5. The molecule has 0 aliphatic carbocycles. The Kier molecular flexibility index (Phi) is 4.18. The van der Waals surface area contributed by atoms with Crippen LogP contribution in [-0.2, 0) is 13.0 Å². The highest BCUT2D eigenvalue weighted by molar-refractivity contribution is 5.30. The highest BCUT2D eigenvalue weighted by Gasteiger charge is 1.98. The maximum absolute atomic E-state index is 5.66. The van der Waals surface area contributed by atoms with E-state index in [2.05, 4.69) is 24.0 Å². The van der Waals surface area contributed by atoms with Gasteiger partial charge >= 0.3 is 0 Å². The molecule has 0 aliphatic rings. The molecule has 0 unspecified atom stereocenters. The molecule has 0 fully saturated rings. The summed E-state index contributed by atoms with van der Waals surface area (Å²) in [6.07, 6.45) is 2.27. The van der Waals surface area contributed by atoms with Gasteiger partial charge in [-0.2, -0.15) is 0 Å². The maximum Gasteiger partial charge on any atom is 0.130 e. The summed E-state index contributed by atoms with van der Waals surface area (Å²) in [5, 5.41) is 0. The van der Waals surface area contributed by atoms with Gasteiger partial charge < -0.3 is 10.5 Å². The average Bonchev–Trinajstić information content (AvgIpc) is 2.38. The highest BCUT2D eigenvalue weighted by atomic mass is 16.5. The lowest BCUT2D eigenvalue weighted by atomic mass is 10.1. The molecule has 0 atom stereocenters. The van der Waals surface area contributed by atoms with E-state index >= 15 is 0 Å². The van der Waals surface area contributed by atoms with Gasteiger partial charge in [0.2, 0.25) is 0 Å². The molecule has 3 nitrogen and oxygen atoms in total. The number of hydrogen-bond donors (Lipinski definition) is 1. The van der Waals surface area contributed by atoms with Crippen LogP contribution < -0.4 is 10.5 Å². The number of pyridine rings is 1. The minimum atomic E-state index is 0.443. The molecule has 1 aromatic heterocycles. The zero-order chi connectivity index (χ0) is 12.8. The Balaban J connectivity index is 1.93. The number of benzene rings is 1. The Morgan fingerprint density at radius 1 is 1.11 bits per heavy atom. The van der Waals surface area contributed by atoms with Crippen molar-refractivity contribution in [3.05, 3.63) is 53.7 Å². The summed E-state index contributed by atoms with van der Waals surface area (Å²) in [4.78, 5) is 4.19. The van der Waals surface area contributed by atoms with Crippen LogP contribution >= 0.6 is 0 Å². The first-order valence-corrected chi connectivity index (χ1v) is 6.21. The van der Waals surface area contributed by atoms with Crippen LogP contribution in [0.5, 0.6) is 5.75 Å².